The topological polar surface area (TPSA) is 3.24 Å². The van der Waals surface area contributed by atoms with Crippen LogP contribution >= 0.6 is 23.4 Å². The SMILES string of the molecule is CCCC(C)Cl.CCCCCCCC(C)C.CCCN(C)CCC.CCCSCCC. The minimum atomic E-state index is 0.370. The predicted molar refractivity (Wildman–Crippen MR) is 154 cm³/mol. The zero-order chi connectivity index (χ0) is 24.8. The van der Waals surface area contributed by atoms with Gasteiger partial charge in [0, 0.05) is 5.38 Å². The van der Waals surface area contributed by atoms with Crippen molar-refractivity contribution in [3.8, 4) is 0 Å². The van der Waals surface area contributed by atoms with Crippen LogP contribution in [0.4, 0.5) is 0 Å². The molecule has 0 N–H and O–H groups in total. The molecule has 0 aromatic carbocycles. The van der Waals surface area contributed by atoms with Crippen molar-refractivity contribution >= 4 is 23.4 Å². The number of halogens is 1. The molecule has 0 aromatic rings. The molecule has 0 spiro atoms. The zero-order valence-electron chi connectivity index (χ0n) is 23.7. The summed E-state index contributed by atoms with van der Waals surface area (Å²) in [4.78, 5) is 2.36. The quantitative estimate of drug-likeness (QED) is 0.159. The van der Waals surface area contributed by atoms with Gasteiger partial charge in [0.15, 0.2) is 0 Å². The summed E-state index contributed by atoms with van der Waals surface area (Å²) in [6.45, 7) is 22.4. The van der Waals surface area contributed by atoms with E-state index in [1.165, 1.54) is 95.2 Å². The van der Waals surface area contributed by atoms with E-state index in [2.05, 4.69) is 79.1 Å². The maximum absolute atomic E-state index is 5.58. The smallest absolute Gasteiger partial charge is 0.0307 e. The highest BCUT2D eigenvalue weighted by Gasteiger charge is 1.93. The summed E-state index contributed by atoms with van der Waals surface area (Å²) >= 11 is 7.63. The third-order valence-corrected chi connectivity index (χ3v) is 6.09. The van der Waals surface area contributed by atoms with Crippen molar-refractivity contribution in [3.63, 3.8) is 0 Å². The number of hydrogen-bond acceptors (Lipinski definition) is 2. The van der Waals surface area contributed by atoms with Gasteiger partial charge in [-0.05, 0) is 76.6 Å². The molecule has 1 unspecified atom stereocenters. The van der Waals surface area contributed by atoms with Gasteiger partial charge in [-0.2, -0.15) is 11.8 Å². The minimum absolute atomic E-state index is 0.370. The lowest BCUT2D eigenvalue weighted by atomic mass is 10.0. The molecule has 0 amide bonds. The van der Waals surface area contributed by atoms with Crippen LogP contribution in [-0.4, -0.2) is 41.9 Å². The van der Waals surface area contributed by atoms with Gasteiger partial charge in [-0.25, -0.2) is 0 Å². The van der Waals surface area contributed by atoms with Gasteiger partial charge >= 0.3 is 0 Å². The van der Waals surface area contributed by atoms with Gasteiger partial charge in [0.2, 0.25) is 0 Å². The Morgan fingerprint density at radius 2 is 1.10 bits per heavy atom. The molecule has 194 valence electrons. The number of thioether (sulfide) groups is 1. The second-order valence-electron chi connectivity index (χ2n) is 9.08. The summed E-state index contributed by atoms with van der Waals surface area (Å²) in [6, 6.07) is 0. The van der Waals surface area contributed by atoms with E-state index in [4.69, 9.17) is 11.6 Å². The van der Waals surface area contributed by atoms with E-state index >= 15 is 0 Å². The maximum atomic E-state index is 5.58. The lowest BCUT2D eigenvalue weighted by Crippen LogP contribution is -2.19. The van der Waals surface area contributed by atoms with Gasteiger partial charge in [0.05, 0.1) is 0 Å². The van der Waals surface area contributed by atoms with Crippen molar-refractivity contribution in [3.05, 3.63) is 0 Å². The van der Waals surface area contributed by atoms with Crippen LogP contribution in [0.2, 0.25) is 0 Å². The fraction of sp³-hybridized carbons (Fsp3) is 1.00. The Bertz CT molecular complexity index is 249. The molecular formula is C28H64ClNS. The molecule has 0 aliphatic rings. The molecule has 0 saturated heterocycles. The van der Waals surface area contributed by atoms with Gasteiger partial charge in [0.25, 0.3) is 0 Å². The monoisotopic (exact) mass is 481 g/mol. The molecule has 0 rings (SSSR count). The molecule has 0 heterocycles. The fourth-order valence-corrected chi connectivity index (χ4v) is 3.82. The van der Waals surface area contributed by atoms with Crippen molar-refractivity contribution < 1.29 is 0 Å². The largest absolute Gasteiger partial charge is 0.306 e. The van der Waals surface area contributed by atoms with E-state index in [0.717, 1.165) is 12.3 Å². The van der Waals surface area contributed by atoms with Gasteiger partial charge in [0.1, 0.15) is 0 Å². The third-order valence-electron chi connectivity index (χ3n) is 4.48. The highest BCUT2D eigenvalue weighted by molar-refractivity contribution is 7.99. The molecule has 0 radical (unpaired) electrons. The molecule has 1 nitrogen and oxygen atoms in total. The van der Waals surface area contributed by atoms with Crippen LogP contribution in [0.25, 0.3) is 0 Å². The molecule has 31 heavy (non-hydrogen) atoms. The number of hydrogen-bond donors (Lipinski definition) is 0. The first kappa shape index (κ1) is 38.8. The molecule has 0 fully saturated rings. The Hall–Kier alpha value is 0.600. The van der Waals surface area contributed by atoms with Gasteiger partial charge in [-0.15, -0.1) is 11.6 Å². The average molecular weight is 482 g/mol. The molecule has 3 heteroatoms. The Morgan fingerprint density at radius 3 is 1.39 bits per heavy atom. The van der Waals surface area contributed by atoms with Crippen LogP contribution in [0.3, 0.4) is 0 Å². The van der Waals surface area contributed by atoms with Crippen LogP contribution < -0.4 is 0 Å². The summed E-state index contributed by atoms with van der Waals surface area (Å²) < 4.78 is 0. The normalized spacial score (nSPS) is 11.1. The highest BCUT2D eigenvalue weighted by Crippen LogP contribution is 2.09. The highest BCUT2D eigenvalue weighted by atomic mass is 35.5. The van der Waals surface area contributed by atoms with Gasteiger partial charge < -0.3 is 4.90 Å². The van der Waals surface area contributed by atoms with Crippen molar-refractivity contribution in [2.45, 2.75) is 145 Å². The molecule has 0 aromatic heterocycles. The summed E-state index contributed by atoms with van der Waals surface area (Å²) in [6.07, 6.45) is 16.1. The Balaban J connectivity index is -0.000000160. The Morgan fingerprint density at radius 1 is 0.613 bits per heavy atom. The summed E-state index contributed by atoms with van der Waals surface area (Å²) in [5, 5.41) is 0.370. The van der Waals surface area contributed by atoms with E-state index in [0.29, 0.717) is 5.38 Å². The van der Waals surface area contributed by atoms with Crippen molar-refractivity contribution in [2.24, 2.45) is 5.92 Å². The van der Waals surface area contributed by atoms with Crippen LogP contribution in [0.15, 0.2) is 0 Å². The molecule has 0 aliphatic heterocycles. The van der Waals surface area contributed by atoms with Crippen LogP contribution in [0.1, 0.15) is 139 Å². The number of unbranched alkanes of at least 4 members (excludes halogenated alkanes) is 4. The first-order chi connectivity index (χ1) is 14.8. The Labute approximate surface area is 210 Å². The zero-order valence-corrected chi connectivity index (χ0v) is 25.3. The van der Waals surface area contributed by atoms with Crippen LogP contribution in [0, 0.1) is 5.92 Å². The number of alkyl halides is 1. The predicted octanol–water partition coefficient (Wildman–Crippen LogP) is 10.7. The summed E-state index contributed by atoms with van der Waals surface area (Å²) in [5.74, 6) is 3.59. The van der Waals surface area contributed by atoms with Gasteiger partial charge in [-0.1, -0.05) is 100 Å². The summed E-state index contributed by atoms with van der Waals surface area (Å²) in [5.41, 5.74) is 0. The Kier molecular flexibility index (Phi) is 47.5. The molecule has 0 bridgehead atoms. The van der Waals surface area contributed by atoms with Crippen molar-refractivity contribution in [2.75, 3.05) is 31.6 Å². The minimum Gasteiger partial charge on any atom is -0.306 e. The van der Waals surface area contributed by atoms with Crippen LogP contribution in [-0.2, 0) is 0 Å². The third kappa shape index (κ3) is 59.0. The lowest BCUT2D eigenvalue weighted by Gasteiger charge is -2.12. The molecular weight excluding hydrogens is 418 g/mol. The molecule has 0 aliphatic carbocycles. The first-order valence-electron chi connectivity index (χ1n) is 13.7. The lowest BCUT2D eigenvalue weighted by molar-refractivity contribution is 0.335. The molecule has 0 saturated carbocycles. The van der Waals surface area contributed by atoms with Crippen LogP contribution in [0.5, 0.6) is 0 Å². The van der Waals surface area contributed by atoms with Crippen molar-refractivity contribution in [1.29, 1.82) is 0 Å². The van der Waals surface area contributed by atoms with E-state index in [-0.39, 0.29) is 0 Å². The fourth-order valence-electron chi connectivity index (χ4n) is 2.82. The second-order valence-corrected chi connectivity index (χ2v) is 11.1. The number of rotatable bonds is 16. The summed E-state index contributed by atoms with van der Waals surface area (Å²) in [7, 11) is 2.17. The van der Waals surface area contributed by atoms with Gasteiger partial charge in [-0.3, -0.25) is 0 Å². The van der Waals surface area contributed by atoms with E-state index in [9.17, 15) is 0 Å². The first-order valence-corrected chi connectivity index (χ1v) is 15.3. The number of nitrogens with zero attached hydrogens (tertiary/aromatic N) is 1. The van der Waals surface area contributed by atoms with Crippen molar-refractivity contribution in [1.82, 2.24) is 4.90 Å². The second kappa shape index (κ2) is 37.9. The van der Waals surface area contributed by atoms with E-state index in [1.807, 2.05) is 6.92 Å². The standard InChI is InChI=1S/C10H22.C7H17N.C6H14S.C5H11Cl/c1-4-5-6-7-8-9-10(2)3;1-4-6-8(3)7-5-2;1-3-5-7-6-4-2;1-3-4-5(2)6/h10H,4-9H2,1-3H3;4-7H2,1-3H3;3-6H2,1-2H3;5H,3-4H2,1-2H3. The van der Waals surface area contributed by atoms with E-state index < -0.39 is 0 Å². The molecule has 1 atom stereocenters. The van der Waals surface area contributed by atoms with E-state index in [1.54, 1.807) is 0 Å². The maximum Gasteiger partial charge on any atom is 0.0307 e. The average Bonchev–Trinajstić information content (AvgIpc) is 2.70.